The second-order valence-corrected chi connectivity index (χ2v) is 4.68. The summed E-state index contributed by atoms with van der Waals surface area (Å²) in [6.07, 6.45) is 3.42. The third-order valence-corrected chi connectivity index (χ3v) is 3.01. The minimum atomic E-state index is -0.0454. The van der Waals surface area contributed by atoms with Crippen LogP contribution in [0.2, 0.25) is 5.15 Å². The summed E-state index contributed by atoms with van der Waals surface area (Å²) < 4.78 is 5.55. The van der Waals surface area contributed by atoms with E-state index in [1.807, 2.05) is 0 Å². The average Bonchev–Trinajstić information content (AvgIpc) is 2.92. The lowest BCUT2D eigenvalue weighted by Gasteiger charge is -2.11. The van der Waals surface area contributed by atoms with Crippen LogP contribution in [-0.2, 0) is 9.53 Å². The number of rotatable bonds is 7. The van der Waals surface area contributed by atoms with Crippen molar-refractivity contribution in [2.75, 3.05) is 25.0 Å². The largest absolute Gasteiger partial charge is 0.370 e. The number of hydrogen-bond acceptors (Lipinski definition) is 5. The summed E-state index contributed by atoms with van der Waals surface area (Å²) in [6, 6.07) is 1.69. The lowest BCUT2D eigenvalue weighted by molar-refractivity contribution is -0.109. The van der Waals surface area contributed by atoms with Gasteiger partial charge in [0.15, 0.2) is 5.82 Å². The molecular weight excluding hydrogens is 268 g/mol. The minimum Gasteiger partial charge on any atom is -0.370 e. The molecule has 1 aliphatic rings. The quantitative estimate of drug-likeness (QED) is 0.451. The first-order chi connectivity index (χ1) is 9.29. The van der Waals surface area contributed by atoms with Crippen molar-refractivity contribution in [1.29, 1.82) is 0 Å². The molecule has 1 aromatic rings. The summed E-state index contributed by atoms with van der Waals surface area (Å²) in [5, 5.41) is 6.17. The number of nitrogens with zero attached hydrogens (tertiary/aromatic N) is 2. The number of carbonyl (C=O) groups excluding carboxylic acids is 1. The highest BCUT2D eigenvalue weighted by Gasteiger charge is 2.21. The molecule has 1 saturated heterocycles. The van der Waals surface area contributed by atoms with Gasteiger partial charge in [0.25, 0.3) is 0 Å². The minimum absolute atomic E-state index is 0.0454. The number of aromatic nitrogens is 2. The highest BCUT2D eigenvalue weighted by Crippen LogP contribution is 2.27. The third kappa shape index (κ3) is 4.33. The van der Waals surface area contributed by atoms with Crippen molar-refractivity contribution >= 4 is 23.8 Å². The van der Waals surface area contributed by atoms with E-state index in [-0.39, 0.29) is 6.10 Å². The standard InChI is InChI=1S/C12H17ClN4O2/c13-10-7-11(15-5-2-4-14-8-18)17-12(16-10)9-3-1-6-19-9/h7-9H,1-6H2,(H,14,18)(H,15,16,17). The molecule has 104 valence electrons. The zero-order valence-electron chi connectivity index (χ0n) is 10.6. The highest BCUT2D eigenvalue weighted by molar-refractivity contribution is 6.29. The van der Waals surface area contributed by atoms with Crippen molar-refractivity contribution in [2.45, 2.75) is 25.4 Å². The molecule has 1 aliphatic heterocycles. The number of halogens is 1. The number of amides is 1. The Morgan fingerprint density at radius 3 is 3.11 bits per heavy atom. The van der Waals surface area contributed by atoms with Gasteiger partial charge in [-0.05, 0) is 19.3 Å². The summed E-state index contributed by atoms with van der Waals surface area (Å²) >= 11 is 5.99. The van der Waals surface area contributed by atoms with Gasteiger partial charge >= 0.3 is 0 Å². The summed E-state index contributed by atoms with van der Waals surface area (Å²) in [5.74, 6) is 1.33. The number of anilines is 1. The Kier molecular flexibility index (Phi) is 5.35. The number of carbonyl (C=O) groups is 1. The van der Waals surface area contributed by atoms with Crippen LogP contribution in [0.15, 0.2) is 6.07 Å². The molecule has 0 aromatic carbocycles. The van der Waals surface area contributed by atoms with Crippen LogP contribution < -0.4 is 10.6 Å². The van der Waals surface area contributed by atoms with Crippen LogP contribution in [0.25, 0.3) is 0 Å². The zero-order chi connectivity index (χ0) is 13.5. The van der Waals surface area contributed by atoms with Gasteiger partial charge in [-0.2, -0.15) is 0 Å². The predicted molar refractivity (Wildman–Crippen MR) is 72.1 cm³/mol. The van der Waals surface area contributed by atoms with Crippen LogP contribution in [-0.4, -0.2) is 36.1 Å². The van der Waals surface area contributed by atoms with E-state index in [1.54, 1.807) is 6.07 Å². The maximum Gasteiger partial charge on any atom is 0.207 e. The van der Waals surface area contributed by atoms with E-state index < -0.39 is 0 Å². The second-order valence-electron chi connectivity index (χ2n) is 4.29. The molecule has 1 atom stereocenters. The highest BCUT2D eigenvalue weighted by atomic mass is 35.5. The van der Waals surface area contributed by atoms with E-state index in [9.17, 15) is 4.79 Å². The summed E-state index contributed by atoms with van der Waals surface area (Å²) in [5.41, 5.74) is 0. The summed E-state index contributed by atoms with van der Waals surface area (Å²) in [6.45, 7) is 2.09. The predicted octanol–water partition coefficient (Wildman–Crippen LogP) is 1.53. The van der Waals surface area contributed by atoms with E-state index in [4.69, 9.17) is 16.3 Å². The van der Waals surface area contributed by atoms with Crippen molar-refractivity contribution in [3.63, 3.8) is 0 Å². The first kappa shape index (κ1) is 14.0. The van der Waals surface area contributed by atoms with Crippen LogP contribution in [0.3, 0.4) is 0 Å². The van der Waals surface area contributed by atoms with Crippen molar-refractivity contribution in [2.24, 2.45) is 0 Å². The molecule has 1 unspecified atom stereocenters. The van der Waals surface area contributed by atoms with Gasteiger partial charge in [0, 0.05) is 25.8 Å². The monoisotopic (exact) mass is 284 g/mol. The average molecular weight is 285 g/mol. The zero-order valence-corrected chi connectivity index (χ0v) is 11.3. The van der Waals surface area contributed by atoms with Gasteiger partial charge in [-0.3, -0.25) is 4.79 Å². The molecule has 6 nitrogen and oxygen atoms in total. The Morgan fingerprint density at radius 2 is 2.37 bits per heavy atom. The Morgan fingerprint density at radius 1 is 1.47 bits per heavy atom. The molecule has 1 fully saturated rings. The fourth-order valence-corrected chi connectivity index (χ4v) is 2.11. The van der Waals surface area contributed by atoms with Crippen LogP contribution >= 0.6 is 11.6 Å². The fraction of sp³-hybridized carbons (Fsp3) is 0.583. The summed E-state index contributed by atoms with van der Waals surface area (Å²) in [7, 11) is 0. The van der Waals surface area contributed by atoms with Gasteiger partial charge in [-0.1, -0.05) is 11.6 Å². The topological polar surface area (TPSA) is 76.1 Å². The van der Waals surface area contributed by atoms with Crippen molar-refractivity contribution in [3.05, 3.63) is 17.0 Å². The van der Waals surface area contributed by atoms with Gasteiger partial charge in [-0.25, -0.2) is 9.97 Å². The van der Waals surface area contributed by atoms with Gasteiger partial charge < -0.3 is 15.4 Å². The lowest BCUT2D eigenvalue weighted by Crippen LogP contribution is -2.16. The van der Waals surface area contributed by atoms with E-state index in [0.29, 0.717) is 36.3 Å². The van der Waals surface area contributed by atoms with Crippen molar-refractivity contribution < 1.29 is 9.53 Å². The molecule has 7 heteroatoms. The Labute approximate surface area is 116 Å². The van der Waals surface area contributed by atoms with Gasteiger partial charge in [0.05, 0.1) is 0 Å². The number of hydrogen-bond donors (Lipinski definition) is 2. The molecule has 0 spiro atoms. The van der Waals surface area contributed by atoms with Crippen LogP contribution in [0.5, 0.6) is 0 Å². The molecule has 0 bridgehead atoms. The maximum atomic E-state index is 10.1. The normalized spacial score (nSPS) is 18.3. The van der Waals surface area contributed by atoms with Gasteiger partial charge in [0.1, 0.15) is 17.1 Å². The van der Waals surface area contributed by atoms with E-state index in [2.05, 4.69) is 20.6 Å². The Hall–Kier alpha value is -1.40. The molecule has 0 radical (unpaired) electrons. The molecule has 19 heavy (non-hydrogen) atoms. The number of ether oxygens (including phenoxy) is 1. The molecule has 0 aliphatic carbocycles. The SMILES string of the molecule is O=CNCCCNc1cc(Cl)nc(C2CCCO2)n1. The lowest BCUT2D eigenvalue weighted by atomic mass is 10.2. The molecule has 0 saturated carbocycles. The summed E-state index contributed by atoms with van der Waals surface area (Å²) in [4.78, 5) is 18.7. The maximum absolute atomic E-state index is 10.1. The van der Waals surface area contributed by atoms with Crippen molar-refractivity contribution in [1.82, 2.24) is 15.3 Å². The molecule has 2 heterocycles. The van der Waals surface area contributed by atoms with Crippen LogP contribution in [0.4, 0.5) is 5.82 Å². The molecule has 2 N–H and O–H groups in total. The molecular formula is C12H17ClN4O2. The van der Waals surface area contributed by atoms with E-state index in [1.165, 1.54) is 0 Å². The second kappa shape index (κ2) is 7.25. The first-order valence-corrected chi connectivity index (χ1v) is 6.74. The van der Waals surface area contributed by atoms with Crippen LogP contribution in [0, 0.1) is 0 Å². The molecule has 1 aromatic heterocycles. The van der Waals surface area contributed by atoms with Gasteiger partial charge in [-0.15, -0.1) is 0 Å². The fourth-order valence-electron chi connectivity index (χ4n) is 1.92. The smallest absolute Gasteiger partial charge is 0.207 e. The van der Waals surface area contributed by atoms with Crippen LogP contribution in [0.1, 0.15) is 31.2 Å². The molecule has 1 amide bonds. The Balaban J connectivity index is 1.90. The third-order valence-electron chi connectivity index (χ3n) is 2.82. The van der Waals surface area contributed by atoms with Gasteiger partial charge in [0.2, 0.25) is 6.41 Å². The van der Waals surface area contributed by atoms with Crippen molar-refractivity contribution in [3.8, 4) is 0 Å². The molecule has 2 rings (SSSR count). The van der Waals surface area contributed by atoms with E-state index >= 15 is 0 Å². The van der Waals surface area contributed by atoms with E-state index in [0.717, 1.165) is 25.9 Å². The number of nitrogens with one attached hydrogen (secondary N) is 2. The Bertz CT molecular complexity index is 424. The first-order valence-electron chi connectivity index (χ1n) is 6.36.